The predicted molar refractivity (Wildman–Crippen MR) is 52.5 cm³/mol. The highest BCUT2D eigenvalue weighted by Crippen LogP contribution is 2.22. The quantitative estimate of drug-likeness (QED) is 0.770. The minimum absolute atomic E-state index is 0.312. The molecule has 1 heterocycles. The van der Waals surface area contributed by atoms with Gasteiger partial charge >= 0.3 is 0 Å². The Morgan fingerprint density at radius 1 is 1.33 bits per heavy atom. The summed E-state index contributed by atoms with van der Waals surface area (Å²) in [6.45, 7) is 2.05. The summed E-state index contributed by atoms with van der Waals surface area (Å²) in [6.07, 6.45) is 0.604. The Kier molecular flexibility index (Phi) is 3.28. The summed E-state index contributed by atoms with van der Waals surface area (Å²) in [5.41, 5.74) is 0.422. The highest BCUT2D eigenvalue weighted by atomic mass is 19.1. The van der Waals surface area contributed by atoms with Gasteiger partial charge in [0.15, 0.2) is 0 Å². The predicted octanol–water partition coefficient (Wildman–Crippen LogP) is 2.02. The maximum atomic E-state index is 13.4. The molecule has 0 bridgehead atoms. The number of hydrogen-bond donors (Lipinski definition) is 1. The lowest BCUT2D eigenvalue weighted by molar-refractivity contribution is 0.0643. The zero-order chi connectivity index (χ0) is 10.7. The van der Waals surface area contributed by atoms with Gasteiger partial charge in [-0.05, 0) is 19.0 Å². The Hall–Kier alpha value is -1.00. The Balaban J connectivity index is 2.19. The van der Waals surface area contributed by atoms with E-state index in [9.17, 15) is 8.78 Å². The lowest BCUT2D eigenvalue weighted by Gasteiger charge is -2.15. The minimum atomic E-state index is -0.558. The second-order valence-corrected chi connectivity index (χ2v) is 3.58. The first-order chi connectivity index (χ1) is 7.27. The van der Waals surface area contributed by atoms with E-state index < -0.39 is 11.6 Å². The maximum Gasteiger partial charge on any atom is 0.131 e. The van der Waals surface area contributed by atoms with Gasteiger partial charge in [-0.2, -0.15) is 0 Å². The third-order valence-electron chi connectivity index (χ3n) is 2.46. The Morgan fingerprint density at radius 2 is 2.20 bits per heavy atom. The molecular formula is C11H13F2NO. The third kappa shape index (κ3) is 2.52. The highest BCUT2D eigenvalue weighted by molar-refractivity contribution is 5.21. The molecule has 1 aliphatic heterocycles. The lowest BCUT2D eigenvalue weighted by atomic mass is 10.1. The van der Waals surface area contributed by atoms with Crippen LogP contribution in [0.2, 0.25) is 0 Å². The summed E-state index contributed by atoms with van der Waals surface area (Å²) >= 11 is 0. The van der Waals surface area contributed by atoms with Crippen LogP contribution in [0.5, 0.6) is 0 Å². The molecule has 0 radical (unpaired) electrons. The molecule has 0 saturated carbocycles. The van der Waals surface area contributed by atoms with Gasteiger partial charge < -0.3 is 10.1 Å². The maximum absolute atomic E-state index is 13.4. The van der Waals surface area contributed by atoms with E-state index in [0.717, 1.165) is 19.0 Å². The van der Waals surface area contributed by atoms with Gasteiger partial charge in [-0.15, -0.1) is 0 Å². The van der Waals surface area contributed by atoms with E-state index in [-0.39, 0.29) is 6.10 Å². The normalized spacial score (nSPS) is 22.4. The summed E-state index contributed by atoms with van der Waals surface area (Å²) in [4.78, 5) is 0. The van der Waals surface area contributed by atoms with E-state index in [1.54, 1.807) is 0 Å². The lowest BCUT2D eigenvalue weighted by Crippen LogP contribution is -2.20. The van der Waals surface area contributed by atoms with Gasteiger partial charge in [0.2, 0.25) is 0 Å². The summed E-state index contributed by atoms with van der Waals surface area (Å²) < 4.78 is 31.6. The van der Waals surface area contributed by atoms with Gasteiger partial charge in [-0.1, -0.05) is 6.07 Å². The van der Waals surface area contributed by atoms with E-state index in [1.165, 1.54) is 12.1 Å². The number of ether oxygens (including phenoxy) is 1. The van der Waals surface area contributed by atoms with Crippen LogP contribution in [0.3, 0.4) is 0 Å². The van der Waals surface area contributed by atoms with Crippen molar-refractivity contribution in [1.82, 2.24) is 5.32 Å². The number of rotatable bonds is 1. The van der Waals surface area contributed by atoms with Gasteiger partial charge in [0.1, 0.15) is 11.6 Å². The molecule has 4 heteroatoms. The summed E-state index contributed by atoms with van der Waals surface area (Å²) in [5.74, 6) is -1.10. The molecule has 1 aromatic carbocycles. The van der Waals surface area contributed by atoms with E-state index in [2.05, 4.69) is 5.32 Å². The van der Waals surface area contributed by atoms with Crippen molar-refractivity contribution in [3.8, 4) is 0 Å². The molecule has 1 aromatic rings. The monoisotopic (exact) mass is 213 g/mol. The van der Waals surface area contributed by atoms with Crippen LogP contribution in [0.25, 0.3) is 0 Å². The van der Waals surface area contributed by atoms with Crippen molar-refractivity contribution in [3.63, 3.8) is 0 Å². The van der Waals surface area contributed by atoms with Crippen LogP contribution in [0, 0.1) is 11.6 Å². The van der Waals surface area contributed by atoms with Crippen molar-refractivity contribution < 1.29 is 13.5 Å². The molecule has 0 aliphatic carbocycles. The SMILES string of the molecule is Fc1ccc(C2CNCCCO2)c(F)c1. The van der Waals surface area contributed by atoms with Gasteiger partial charge in [-0.3, -0.25) is 0 Å². The molecular weight excluding hydrogens is 200 g/mol. The minimum Gasteiger partial charge on any atom is -0.372 e. The largest absolute Gasteiger partial charge is 0.372 e. The van der Waals surface area contributed by atoms with Crippen LogP contribution in [0.4, 0.5) is 8.78 Å². The van der Waals surface area contributed by atoms with Crippen LogP contribution in [-0.4, -0.2) is 19.7 Å². The van der Waals surface area contributed by atoms with Crippen molar-refractivity contribution in [3.05, 3.63) is 35.4 Å². The van der Waals surface area contributed by atoms with Crippen LogP contribution in [0.15, 0.2) is 18.2 Å². The van der Waals surface area contributed by atoms with Crippen molar-refractivity contribution in [2.45, 2.75) is 12.5 Å². The second kappa shape index (κ2) is 4.68. The molecule has 1 N–H and O–H groups in total. The van der Waals surface area contributed by atoms with Gasteiger partial charge in [-0.25, -0.2) is 8.78 Å². The Labute approximate surface area is 87.2 Å². The molecule has 2 rings (SSSR count). The molecule has 2 nitrogen and oxygen atoms in total. The summed E-state index contributed by atoms with van der Waals surface area (Å²) in [6, 6.07) is 3.60. The van der Waals surface area contributed by atoms with Gasteiger partial charge in [0.25, 0.3) is 0 Å². The van der Waals surface area contributed by atoms with E-state index in [0.29, 0.717) is 18.7 Å². The summed E-state index contributed by atoms with van der Waals surface area (Å²) in [7, 11) is 0. The Bertz CT molecular complexity index is 335. The molecule has 0 spiro atoms. The fourth-order valence-corrected chi connectivity index (χ4v) is 1.68. The molecule has 0 aromatic heterocycles. The average molecular weight is 213 g/mol. The van der Waals surface area contributed by atoms with E-state index in [4.69, 9.17) is 4.74 Å². The molecule has 1 fully saturated rings. The van der Waals surface area contributed by atoms with Crippen molar-refractivity contribution in [2.75, 3.05) is 19.7 Å². The molecule has 0 amide bonds. The van der Waals surface area contributed by atoms with Gasteiger partial charge in [0.05, 0.1) is 6.10 Å². The number of benzene rings is 1. The first-order valence-corrected chi connectivity index (χ1v) is 5.04. The molecule has 1 saturated heterocycles. The first-order valence-electron chi connectivity index (χ1n) is 5.04. The molecule has 15 heavy (non-hydrogen) atoms. The van der Waals surface area contributed by atoms with Crippen LogP contribution >= 0.6 is 0 Å². The highest BCUT2D eigenvalue weighted by Gasteiger charge is 2.18. The zero-order valence-electron chi connectivity index (χ0n) is 8.30. The number of halogens is 2. The second-order valence-electron chi connectivity index (χ2n) is 3.58. The molecule has 1 atom stereocenters. The third-order valence-corrected chi connectivity index (χ3v) is 2.46. The van der Waals surface area contributed by atoms with Crippen molar-refractivity contribution >= 4 is 0 Å². The fourth-order valence-electron chi connectivity index (χ4n) is 1.68. The van der Waals surface area contributed by atoms with E-state index in [1.807, 2.05) is 0 Å². The fraction of sp³-hybridized carbons (Fsp3) is 0.455. The molecule has 1 aliphatic rings. The Morgan fingerprint density at radius 3 is 3.00 bits per heavy atom. The smallest absolute Gasteiger partial charge is 0.131 e. The standard InChI is InChI=1S/C11H13F2NO/c12-8-2-3-9(10(13)6-8)11-7-14-4-1-5-15-11/h2-3,6,11,14H,1,4-5,7H2. The topological polar surface area (TPSA) is 21.3 Å². The van der Waals surface area contributed by atoms with Crippen LogP contribution < -0.4 is 5.32 Å². The first kappa shape index (κ1) is 10.5. The van der Waals surface area contributed by atoms with Gasteiger partial charge in [0, 0.05) is 24.8 Å². The number of nitrogens with one attached hydrogen (secondary N) is 1. The average Bonchev–Trinajstić information content (AvgIpc) is 2.46. The summed E-state index contributed by atoms with van der Waals surface area (Å²) in [5, 5.41) is 3.15. The van der Waals surface area contributed by atoms with E-state index >= 15 is 0 Å². The number of hydrogen-bond acceptors (Lipinski definition) is 2. The van der Waals surface area contributed by atoms with Crippen molar-refractivity contribution in [1.29, 1.82) is 0 Å². The molecule has 82 valence electrons. The molecule has 1 unspecified atom stereocenters. The van der Waals surface area contributed by atoms with Crippen LogP contribution in [0.1, 0.15) is 18.1 Å². The zero-order valence-corrected chi connectivity index (χ0v) is 8.30. The van der Waals surface area contributed by atoms with Crippen LogP contribution in [-0.2, 0) is 4.74 Å². The van der Waals surface area contributed by atoms with Crippen molar-refractivity contribution in [2.24, 2.45) is 0 Å².